The van der Waals surface area contributed by atoms with Gasteiger partial charge in [-0.2, -0.15) is 0 Å². The van der Waals surface area contributed by atoms with Crippen LogP contribution in [0.15, 0.2) is 47.4 Å². The van der Waals surface area contributed by atoms with Gasteiger partial charge in [-0.1, -0.05) is 17.3 Å². The molecule has 30 heavy (non-hydrogen) atoms. The van der Waals surface area contributed by atoms with E-state index in [9.17, 15) is 4.79 Å². The Labute approximate surface area is 175 Å². The molecular weight excluding hydrogens is 382 g/mol. The van der Waals surface area contributed by atoms with Crippen LogP contribution in [-0.4, -0.2) is 41.2 Å². The number of aryl methyl sites for hydroxylation is 2. The molecule has 1 fully saturated rings. The van der Waals surface area contributed by atoms with Crippen molar-refractivity contribution in [2.45, 2.75) is 26.8 Å². The second kappa shape index (κ2) is 8.14. The first-order valence-electron chi connectivity index (χ1n) is 9.85. The summed E-state index contributed by atoms with van der Waals surface area (Å²) in [5.41, 5.74) is 2.22. The molecule has 1 aromatic carbocycles. The molecule has 1 amide bonds. The van der Waals surface area contributed by atoms with Crippen LogP contribution in [0.4, 0.5) is 5.82 Å². The average molecular weight is 407 g/mol. The first-order chi connectivity index (χ1) is 14.5. The van der Waals surface area contributed by atoms with Crippen molar-refractivity contribution < 1.29 is 14.1 Å². The fourth-order valence-corrected chi connectivity index (χ4v) is 3.94. The van der Waals surface area contributed by atoms with E-state index < -0.39 is 5.41 Å². The molecule has 156 valence electrons. The van der Waals surface area contributed by atoms with Gasteiger partial charge >= 0.3 is 0 Å². The lowest BCUT2D eigenvalue weighted by Gasteiger charge is -2.49. The molecule has 0 radical (unpaired) electrons. The Balaban J connectivity index is 1.53. The average Bonchev–Trinajstić information content (AvgIpc) is 3.06. The van der Waals surface area contributed by atoms with Gasteiger partial charge in [-0.05, 0) is 44.0 Å². The van der Waals surface area contributed by atoms with Crippen molar-refractivity contribution in [1.82, 2.24) is 20.4 Å². The van der Waals surface area contributed by atoms with Crippen LogP contribution in [0.3, 0.4) is 0 Å². The van der Waals surface area contributed by atoms with Gasteiger partial charge < -0.3 is 19.5 Å². The van der Waals surface area contributed by atoms with Crippen molar-refractivity contribution in [3.8, 4) is 5.75 Å². The van der Waals surface area contributed by atoms with E-state index in [2.05, 4.69) is 25.3 Å². The molecule has 1 aliphatic heterocycles. The van der Waals surface area contributed by atoms with Crippen LogP contribution in [0, 0.1) is 19.3 Å². The summed E-state index contributed by atoms with van der Waals surface area (Å²) in [6, 6.07) is 9.72. The normalized spacial score (nSPS) is 14.8. The van der Waals surface area contributed by atoms with Crippen LogP contribution in [0.1, 0.15) is 22.6 Å². The third kappa shape index (κ3) is 3.85. The van der Waals surface area contributed by atoms with E-state index in [0.29, 0.717) is 26.1 Å². The highest BCUT2D eigenvalue weighted by molar-refractivity contribution is 5.86. The maximum Gasteiger partial charge on any atom is 0.230 e. The number of carbonyl (C=O) groups is 1. The van der Waals surface area contributed by atoms with E-state index in [1.165, 1.54) is 6.33 Å². The molecule has 0 saturated carbocycles. The lowest BCUT2D eigenvalue weighted by atomic mass is 9.73. The van der Waals surface area contributed by atoms with Crippen LogP contribution < -0.4 is 15.0 Å². The Bertz CT molecular complexity index is 1010. The number of rotatable bonds is 7. The van der Waals surface area contributed by atoms with Gasteiger partial charge in [-0.15, -0.1) is 0 Å². The molecule has 0 aliphatic carbocycles. The summed E-state index contributed by atoms with van der Waals surface area (Å²) in [6.45, 7) is 5.29. The van der Waals surface area contributed by atoms with Gasteiger partial charge in [-0.25, -0.2) is 9.97 Å². The van der Waals surface area contributed by atoms with E-state index in [1.54, 1.807) is 13.3 Å². The molecule has 0 spiro atoms. The summed E-state index contributed by atoms with van der Waals surface area (Å²) in [6.07, 6.45) is 3.84. The highest BCUT2D eigenvalue weighted by atomic mass is 16.5. The summed E-state index contributed by atoms with van der Waals surface area (Å²) < 4.78 is 10.6. The van der Waals surface area contributed by atoms with Crippen LogP contribution >= 0.6 is 0 Å². The number of hydrogen-bond donors (Lipinski definition) is 1. The Morgan fingerprint density at radius 2 is 2.13 bits per heavy atom. The number of methoxy groups -OCH3 is 1. The monoisotopic (exact) mass is 407 g/mol. The standard InChI is InChI=1S/C22H25N5O3/c1-15-19(16(2)30-26-15)11-24-21(28)22(10-17-5-4-6-18(9-17)29-3)12-27(13-22)20-7-8-23-14-25-20/h4-9,14H,10-13H2,1-3H3,(H,24,28). The largest absolute Gasteiger partial charge is 0.497 e. The number of amides is 1. The van der Waals surface area contributed by atoms with Gasteiger partial charge in [0.15, 0.2) is 0 Å². The fourth-order valence-electron chi connectivity index (χ4n) is 3.94. The number of anilines is 1. The Kier molecular flexibility index (Phi) is 5.39. The summed E-state index contributed by atoms with van der Waals surface area (Å²) in [5, 5.41) is 7.07. The molecule has 3 aromatic rings. The predicted octanol–water partition coefficient (Wildman–Crippen LogP) is 2.46. The van der Waals surface area contributed by atoms with Gasteiger partial charge in [0.25, 0.3) is 0 Å². The maximum atomic E-state index is 13.3. The van der Waals surface area contributed by atoms with E-state index in [4.69, 9.17) is 9.26 Å². The lowest BCUT2D eigenvalue weighted by molar-refractivity contribution is -0.132. The van der Waals surface area contributed by atoms with Gasteiger partial charge in [-0.3, -0.25) is 4.79 Å². The molecule has 1 saturated heterocycles. The zero-order chi connectivity index (χ0) is 21.1. The molecule has 8 heteroatoms. The van der Waals surface area contributed by atoms with Crippen LogP contribution in [0.2, 0.25) is 0 Å². The van der Waals surface area contributed by atoms with Gasteiger partial charge in [0, 0.05) is 31.4 Å². The summed E-state index contributed by atoms with van der Waals surface area (Å²) >= 11 is 0. The second-order valence-corrected chi connectivity index (χ2v) is 7.72. The van der Waals surface area contributed by atoms with Gasteiger partial charge in [0.1, 0.15) is 23.7 Å². The molecule has 0 atom stereocenters. The number of carbonyl (C=O) groups excluding carboxylic acids is 1. The minimum Gasteiger partial charge on any atom is -0.497 e. The van der Waals surface area contributed by atoms with Crippen molar-refractivity contribution in [2.24, 2.45) is 5.41 Å². The highest BCUT2D eigenvalue weighted by Crippen LogP contribution is 2.37. The summed E-state index contributed by atoms with van der Waals surface area (Å²) in [7, 11) is 1.64. The molecule has 1 N–H and O–H groups in total. The number of aromatic nitrogens is 3. The van der Waals surface area contributed by atoms with Crippen molar-refractivity contribution in [3.63, 3.8) is 0 Å². The minimum absolute atomic E-state index is 0.00984. The third-order valence-corrected chi connectivity index (χ3v) is 5.64. The molecule has 1 aliphatic rings. The van der Waals surface area contributed by atoms with Crippen LogP contribution in [0.25, 0.3) is 0 Å². The number of nitrogens with one attached hydrogen (secondary N) is 1. The second-order valence-electron chi connectivity index (χ2n) is 7.72. The van der Waals surface area contributed by atoms with Crippen molar-refractivity contribution in [1.29, 1.82) is 0 Å². The van der Waals surface area contributed by atoms with E-state index >= 15 is 0 Å². The van der Waals surface area contributed by atoms with Crippen molar-refractivity contribution in [2.75, 3.05) is 25.1 Å². The Morgan fingerprint density at radius 3 is 2.80 bits per heavy atom. The van der Waals surface area contributed by atoms with Crippen molar-refractivity contribution in [3.05, 3.63) is 65.4 Å². The number of benzene rings is 1. The number of nitrogens with zero attached hydrogens (tertiary/aromatic N) is 4. The maximum absolute atomic E-state index is 13.3. The molecular formula is C22H25N5O3. The van der Waals surface area contributed by atoms with Crippen molar-refractivity contribution >= 4 is 11.7 Å². The summed E-state index contributed by atoms with van der Waals surface area (Å²) in [4.78, 5) is 23.7. The van der Waals surface area contributed by atoms with Gasteiger partial charge in [0.2, 0.25) is 5.91 Å². The predicted molar refractivity (Wildman–Crippen MR) is 111 cm³/mol. The van der Waals surface area contributed by atoms with E-state index in [0.717, 1.165) is 34.1 Å². The molecule has 3 heterocycles. The first-order valence-corrected chi connectivity index (χ1v) is 9.85. The number of hydrogen-bond acceptors (Lipinski definition) is 7. The zero-order valence-corrected chi connectivity index (χ0v) is 17.4. The molecule has 4 rings (SSSR count). The zero-order valence-electron chi connectivity index (χ0n) is 17.4. The minimum atomic E-state index is -0.559. The topological polar surface area (TPSA) is 93.4 Å². The fraction of sp³-hybridized carbons (Fsp3) is 0.364. The van der Waals surface area contributed by atoms with E-state index in [-0.39, 0.29) is 5.91 Å². The lowest BCUT2D eigenvalue weighted by Crippen LogP contribution is -2.64. The smallest absolute Gasteiger partial charge is 0.230 e. The molecule has 2 aromatic heterocycles. The molecule has 0 bridgehead atoms. The first kappa shape index (κ1) is 19.9. The van der Waals surface area contributed by atoms with Gasteiger partial charge in [0.05, 0.1) is 18.2 Å². The highest BCUT2D eigenvalue weighted by Gasteiger charge is 2.49. The molecule has 8 nitrogen and oxygen atoms in total. The van der Waals surface area contributed by atoms with Crippen LogP contribution in [0.5, 0.6) is 5.75 Å². The van der Waals surface area contributed by atoms with E-state index in [1.807, 2.05) is 44.2 Å². The quantitative estimate of drug-likeness (QED) is 0.643. The molecule has 0 unspecified atom stereocenters. The number of ether oxygens (including phenoxy) is 1. The summed E-state index contributed by atoms with van der Waals surface area (Å²) in [5.74, 6) is 2.34. The SMILES string of the molecule is COc1cccc(CC2(C(=O)NCc3c(C)noc3C)CN(c3ccncn3)C2)c1. The Morgan fingerprint density at radius 1 is 1.30 bits per heavy atom. The third-order valence-electron chi connectivity index (χ3n) is 5.64. The Hall–Kier alpha value is -3.42. The van der Waals surface area contributed by atoms with Crippen LogP contribution in [-0.2, 0) is 17.8 Å².